The second-order valence-corrected chi connectivity index (χ2v) is 4.90. The first-order chi connectivity index (χ1) is 6.07. The summed E-state index contributed by atoms with van der Waals surface area (Å²) >= 11 is 0. The van der Waals surface area contributed by atoms with Gasteiger partial charge in [0.25, 0.3) is 0 Å². The van der Waals surface area contributed by atoms with Crippen LogP contribution in [0.1, 0.15) is 37.2 Å². The van der Waals surface area contributed by atoms with Crippen LogP contribution in [0.25, 0.3) is 0 Å². The van der Waals surface area contributed by atoms with E-state index in [9.17, 15) is 0 Å². The Morgan fingerprint density at radius 3 is 2.85 bits per heavy atom. The van der Waals surface area contributed by atoms with Crippen molar-refractivity contribution in [2.75, 3.05) is 0 Å². The quantitative estimate of drug-likeness (QED) is 0.591. The molecule has 2 rings (SSSR count). The van der Waals surface area contributed by atoms with E-state index in [0.717, 1.165) is 12.1 Å². The van der Waals surface area contributed by atoms with Crippen LogP contribution in [0.3, 0.4) is 0 Å². The molecule has 70 valence electrons. The third-order valence-corrected chi connectivity index (χ3v) is 2.92. The van der Waals surface area contributed by atoms with Crippen molar-refractivity contribution in [3.8, 4) is 0 Å². The van der Waals surface area contributed by atoms with E-state index < -0.39 is 0 Å². The number of rotatable bonds is 0. The fourth-order valence-corrected chi connectivity index (χ4v) is 2.03. The van der Waals surface area contributed by atoms with Crippen molar-refractivity contribution in [3.63, 3.8) is 0 Å². The summed E-state index contributed by atoms with van der Waals surface area (Å²) in [7, 11) is 0. The third-order valence-electron chi connectivity index (χ3n) is 2.92. The summed E-state index contributed by atoms with van der Waals surface area (Å²) in [5.74, 6) is 0. The Kier molecular flexibility index (Phi) is 1.90. The first-order valence-corrected chi connectivity index (χ1v) is 5.02. The van der Waals surface area contributed by atoms with Gasteiger partial charge in [0, 0.05) is 11.4 Å². The molecule has 0 unspecified atom stereocenters. The monoisotopic (exact) mass is 175 g/mol. The Balaban J connectivity index is 2.38. The van der Waals surface area contributed by atoms with Gasteiger partial charge in [-0.25, -0.2) is 0 Å². The normalized spacial score (nSPS) is 19.6. The summed E-state index contributed by atoms with van der Waals surface area (Å²) in [4.78, 5) is 4.61. The standard InChI is InChI=1S/C12H17N/c1-9-4-5-10-6-7-12(2,3)8-11(10)13-9/h4-5H,6-8H2,1-3H3. The number of aryl methyl sites for hydroxylation is 2. The first-order valence-electron chi connectivity index (χ1n) is 5.02. The highest BCUT2D eigenvalue weighted by Gasteiger charge is 2.25. The van der Waals surface area contributed by atoms with Crippen molar-refractivity contribution in [3.05, 3.63) is 29.1 Å². The highest BCUT2D eigenvalue weighted by molar-refractivity contribution is 5.26. The summed E-state index contributed by atoms with van der Waals surface area (Å²) in [6.07, 6.45) is 3.64. The van der Waals surface area contributed by atoms with Gasteiger partial charge in [0.05, 0.1) is 0 Å². The molecular weight excluding hydrogens is 158 g/mol. The van der Waals surface area contributed by atoms with Gasteiger partial charge in [0.15, 0.2) is 0 Å². The van der Waals surface area contributed by atoms with Gasteiger partial charge in [0.1, 0.15) is 0 Å². The zero-order chi connectivity index (χ0) is 9.47. The number of fused-ring (bicyclic) bond motifs is 1. The Morgan fingerprint density at radius 1 is 1.31 bits per heavy atom. The lowest BCUT2D eigenvalue weighted by Gasteiger charge is -2.30. The van der Waals surface area contributed by atoms with Gasteiger partial charge in [-0.3, -0.25) is 4.98 Å². The number of pyridine rings is 1. The number of hydrogen-bond donors (Lipinski definition) is 0. The maximum absolute atomic E-state index is 4.61. The van der Waals surface area contributed by atoms with Crippen LogP contribution in [0.15, 0.2) is 12.1 Å². The number of nitrogens with zero attached hydrogens (tertiary/aromatic N) is 1. The zero-order valence-electron chi connectivity index (χ0n) is 8.72. The lowest BCUT2D eigenvalue weighted by Crippen LogP contribution is -2.23. The van der Waals surface area contributed by atoms with Crippen LogP contribution in [-0.4, -0.2) is 4.98 Å². The molecule has 1 heteroatoms. The van der Waals surface area contributed by atoms with Crippen LogP contribution < -0.4 is 0 Å². The minimum Gasteiger partial charge on any atom is -0.258 e. The molecule has 0 spiro atoms. The van der Waals surface area contributed by atoms with Crippen molar-refractivity contribution in [1.29, 1.82) is 0 Å². The molecule has 0 aromatic carbocycles. The minimum absolute atomic E-state index is 0.452. The Hall–Kier alpha value is -0.850. The predicted molar refractivity (Wildman–Crippen MR) is 54.8 cm³/mol. The van der Waals surface area contributed by atoms with E-state index in [2.05, 4.69) is 37.9 Å². The predicted octanol–water partition coefficient (Wildman–Crippen LogP) is 2.90. The van der Waals surface area contributed by atoms with E-state index in [1.807, 2.05) is 0 Å². The summed E-state index contributed by atoms with van der Waals surface area (Å²) in [5.41, 5.74) is 4.39. The van der Waals surface area contributed by atoms with Gasteiger partial charge in [-0.05, 0) is 43.2 Å². The molecule has 0 bridgehead atoms. The Morgan fingerprint density at radius 2 is 2.08 bits per heavy atom. The van der Waals surface area contributed by atoms with Crippen LogP contribution in [0.5, 0.6) is 0 Å². The van der Waals surface area contributed by atoms with E-state index in [4.69, 9.17) is 0 Å². The highest BCUT2D eigenvalue weighted by Crippen LogP contribution is 2.33. The van der Waals surface area contributed by atoms with E-state index in [-0.39, 0.29) is 0 Å². The van der Waals surface area contributed by atoms with Gasteiger partial charge in [-0.1, -0.05) is 19.9 Å². The van der Waals surface area contributed by atoms with Gasteiger partial charge in [0.2, 0.25) is 0 Å². The molecule has 0 saturated heterocycles. The SMILES string of the molecule is Cc1ccc2c(n1)CC(C)(C)CC2. The fraction of sp³-hybridized carbons (Fsp3) is 0.583. The maximum Gasteiger partial charge on any atom is 0.0444 e. The molecule has 1 aromatic heterocycles. The molecular formula is C12H17N. The first kappa shape index (κ1) is 8.74. The minimum atomic E-state index is 0.452. The molecule has 0 fully saturated rings. The van der Waals surface area contributed by atoms with Crippen molar-refractivity contribution in [1.82, 2.24) is 4.98 Å². The second kappa shape index (κ2) is 2.83. The average molecular weight is 175 g/mol. The number of hydrogen-bond acceptors (Lipinski definition) is 1. The maximum atomic E-state index is 4.61. The summed E-state index contributed by atoms with van der Waals surface area (Å²) in [6, 6.07) is 4.37. The molecule has 1 nitrogen and oxygen atoms in total. The molecule has 1 aliphatic rings. The molecule has 0 N–H and O–H groups in total. The molecule has 0 aliphatic heterocycles. The van der Waals surface area contributed by atoms with Crippen LogP contribution >= 0.6 is 0 Å². The lowest BCUT2D eigenvalue weighted by molar-refractivity contribution is 0.310. The molecule has 0 radical (unpaired) electrons. The van der Waals surface area contributed by atoms with Crippen molar-refractivity contribution >= 4 is 0 Å². The largest absolute Gasteiger partial charge is 0.258 e. The van der Waals surface area contributed by atoms with E-state index in [1.165, 1.54) is 24.1 Å². The highest BCUT2D eigenvalue weighted by atomic mass is 14.7. The zero-order valence-corrected chi connectivity index (χ0v) is 8.72. The summed E-state index contributed by atoms with van der Waals surface area (Å²) in [6.45, 7) is 6.74. The van der Waals surface area contributed by atoms with E-state index >= 15 is 0 Å². The van der Waals surface area contributed by atoms with Gasteiger partial charge in [-0.2, -0.15) is 0 Å². The van der Waals surface area contributed by atoms with Crippen molar-refractivity contribution in [2.24, 2.45) is 5.41 Å². The molecule has 0 atom stereocenters. The Labute approximate surface area is 80.2 Å². The van der Waals surface area contributed by atoms with Crippen LogP contribution in [0.2, 0.25) is 0 Å². The van der Waals surface area contributed by atoms with Crippen LogP contribution in [-0.2, 0) is 12.8 Å². The summed E-state index contributed by atoms with van der Waals surface area (Å²) in [5, 5.41) is 0. The third kappa shape index (κ3) is 1.74. The van der Waals surface area contributed by atoms with Gasteiger partial charge in [-0.15, -0.1) is 0 Å². The summed E-state index contributed by atoms with van der Waals surface area (Å²) < 4.78 is 0. The van der Waals surface area contributed by atoms with E-state index in [1.54, 1.807) is 0 Å². The Bertz CT molecular complexity index is 326. The van der Waals surface area contributed by atoms with Crippen molar-refractivity contribution in [2.45, 2.75) is 40.0 Å². The van der Waals surface area contributed by atoms with Crippen molar-refractivity contribution < 1.29 is 0 Å². The molecule has 1 heterocycles. The molecule has 13 heavy (non-hydrogen) atoms. The van der Waals surface area contributed by atoms with Crippen LogP contribution in [0, 0.1) is 12.3 Å². The fourth-order valence-electron chi connectivity index (χ4n) is 2.03. The lowest BCUT2D eigenvalue weighted by atomic mass is 9.76. The number of aromatic nitrogens is 1. The second-order valence-electron chi connectivity index (χ2n) is 4.90. The van der Waals surface area contributed by atoms with Crippen LogP contribution in [0.4, 0.5) is 0 Å². The van der Waals surface area contributed by atoms with E-state index in [0.29, 0.717) is 5.41 Å². The smallest absolute Gasteiger partial charge is 0.0444 e. The molecule has 1 aromatic rings. The average Bonchev–Trinajstić information content (AvgIpc) is 2.01. The molecule has 0 saturated carbocycles. The topological polar surface area (TPSA) is 12.9 Å². The molecule has 1 aliphatic carbocycles. The molecule has 0 amide bonds. The van der Waals surface area contributed by atoms with Gasteiger partial charge >= 0.3 is 0 Å². The van der Waals surface area contributed by atoms with Gasteiger partial charge < -0.3 is 0 Å².